The molecule has 23 heavy (non-hydrogen) atoms. The summed E-state index contributed by atoms with van der Waals surface area (Å²) < 4.78 is 42.7. The fourth-order valence-electron chi connectivity index (χ4n) is 1.98. The predicted molar refractivity (Wildman–Crippen MR) is 80.8 cm³/mol. The van der Waals surface area contributed by atoms with Crippen molar-refractivity contribution in [1.29, 1.82) is 0 Å². The number of hydrogen-bond donors (Lipinski definition) is 0. The van der Waals surface area contributed by atoms with Crippen LogP contribution in [0.25, 0.3) is 11.3 Å². The van der Waals surface area contributed by atoms with Gasteiger partial charge in [-0.2, -0.15) is 13.2 Å². The molecule has 0 N–H and O–H groups in total. The maximum atomic E-state index is 12.7. The Morgan fingerprint density at radius 1 is 1.17 bits per heavy atom. The molecule has 3 nitrogen and oxygen atoms in total. The number of aromatic nitrogens is 1. The highest BCUT2D eigenvalue weighted by atomic mass is 35.5. The predicted octanol–water partition coefficient (Wildman–Crippen LogP) is 5.17. The van der Waals surface area contributed by atoms with E-state index in [0.717, 1.165) is 12.1 Å². The summed E-state index contributed by atoms with van der Waals surface area (Å²) in [4.78, 5) is 15.7. The van der Waals surface area contributed by atoms with Crippen molar-refractivity contribution in [3.63, 3.8) is 0 Å². The smallest absolute Gasteiger partial charge is 0.416 e. The Labute approximate surface area is 140 Å². The first-order valence-electron chi connectivity index (χ1n) is 6.27. The first-order chi connectivity index (χ1) is 10.6. The van der Waals surface area contributed by atoms with Crippen molar-refractivity contribution in [2.45, 2.75) is 13.1 Å². The summed E-state index contributed by atoms with van der Waals surface area (Å²) in [7, 11) is 1.17. The van der Waals surface area contributed by atoms with Gasteiger partial charge in [0.1, 0.15) is 0 Å². The number of rotatable bonds is 2. The number of pyridine rings is 1. The molecule has 1 aromatic carbocycles. The van der Waals surface area contributed by atoms with Crippen LogP contribution in [0.2, 0.25) is 10.0 Å². The second-order valence-corrected chi connectivity index (χ2v) is 5.48. The molecular weight excluding hydrogens is 354 g/mol. The average molecular weight is 364 g/mol. The Bertz CT molecular complexity index is 776. The lowest BCUT2D eigenvalue weighted by Crippen LogP contribution is -2.08. The number of benzene rings is 1. The molecule has 0 bridgehead atoms. The van der Waals surface area contributed by atoms with Crippen LogP contribution in [0.15, 0.2) is 24.3 Å². The Morgan fingerprint density at radius 3 is 2.35 bits per heavy atom. The highest BCUT2D eigenvalue weighted by Gasteiger charge is 2.31. The van der Waals surface area contributed by atoms with Gasteiger partial charge in [-0.05, 0) is 30.7 Å². The Balaban J connectivity index is 2.61. The van der Waals surface area contributed by atoms with Crippen molar-refractivity contribution in [1.82, 2.24) is 4.98 Å². The van der Waals surface area contributed by atoms with Gasteiger partial charge in [-0.1, -0.05) is 29.3 Å². The highest BCUT2D eigenvalue weighted by molar-refractivity contribution is 6.34. The molecule has 0 unspecified atom stereocenters. The van der Waals surface area contributed by atoms with Gasteiger partial charge in [0, 0.05) is 5.56 Å². The minimum absolute atomic E-state index is 0.0844. The van der Waals surface area contributed by atoms with E-state index in [1.54, 1.807) is 6.92 Å². The van der Waals surface area contributed by atoms with Gasteiger partial charge in [-0.25, -0.2) is 9.78 Å². The minimum Gasteiger partial charge on any atom is -0.464 e. The molecule has 0 fully saturated rings. The Morgan fingerprint density at radius 2 is 1.83 bits per heavy atom. The van der Waals surface area contributed by atoms with Gasteiger partial charge >= 0.3 is 12.1 Å². The van der Waals surface area contributed by atoms with E-state index < -0.39 is 17.7 Å². The topological polar surface area (TPSA) is 39.2 Å². The van der Waals surface area contributed by atoms with Gasteiger partial charge in [0.15, 0.2) is 5.69 Å². The first kappa shape index (κ1) is 17.6. The monoisotopic (exact) mass is 363 g/mol. The molecule has 1 heterocycles. The standard InChI is InChI=1S/C15H10Cl2F3NO2/c1-7-5-11(17)13(14(22)23-2)21-12(7)9-4-3-8(6-10(9)16)15(18,19)20/h3-6H,1-2H3. The summed E-state index contributed by atoms with van der Waals surface area (Å²) in [5.74, 6) is -0.751. The SMILES string of the molecule is COC(=O)c1nc(-c2ccc(C(F)(F)F)cc2Cl)c(C)cc1Cl. The number of alkyl halides is 3. The van der Waals surface area contributed by atoms with Gasteiger partial charge in [0.05, 0.1) is 28.4 Å². The molecule has 1 aromatic heterocycles. The van der Waals surface area contributed by atoms with Crippen LogP contribution in [0.4, 0.5) is 13.2 Å². The zero-order valence-corrected chi connectivity index (χ0v) is 13.5. The van der Waals surface area contributed by atoms with Gasteiger partial charge < -0.3 is 4.74 Å². The van der Waals surface area contributed by atoms with E-state index in [2.05, 4.69) is 9.72 Å². The maximum Gasteiger partial charge on any atom is 0.416 e. The second-order valence-electron chi connectivity index (χ2n) is 4.67. The molecular formula is C15H10Cl2F3NO2. The Hall–Kier alpha value is -1.79. The molecule has 2 aromatic rings. The van der Waals surface area contributed by atoms with Gasteiger partial charge in [0.2, 0.25) is 0 Å². The molecule has 0 saturated heterocycles. The molecule has 0 amide bonds. The van der Waals surface area contributed by atoms with Crippen LogP contribution in [0.1, 0.15) is 21.6 Å². The molecule has 0 aliphatic heterocycles. The normalized spacial score (nSPS) is 11.4. The van der Waals surface area contributed by atoms with Crippen LogP contribution in [0.3, 0.4) is 0 Å². The third-order valence-corrected chi connectivity index (χ3v) is 3.70. The van der Waals surface area contributed by atoms with Crippen molar-refractivity contribution in [2.75, 3.05) is 7.11 Å². The summed E-state index contributed by atoms with van der Waals surface area (Å²) in [6.07, 6.45) is -4.50. The molecule has 8 heteroatoms. The van der Waals surface area contributed by atoms with E-state index >= 15 is 0 Å². The zero-order chi connectivity index (χ0) is 17.4. The van der Waals surface area contributed by atoms with Crippen LogP contribution >= 0.6 is 23.2 Å². The van der Waals surface area contributed by atoms with Crippen LogP contribution < -0.4 is 0 Å². The van der Waals surface area contributed by atoms with E-state index in [1.165, 1.54) is 19.2 Å². The molecule has 0 spiro atoms. The van der Waals surface area contributed by atoms with Crippen LogP contribution in [0.5, 0.6) is 0 Å². The summed E-state index contributed by atoms with van der Waals surface area (Å²) in [5, 5.41) is -0.0466. The van der Waals surface area contributed by atoms with Crippen molar-refractivity contribution in [3.05, 3.63) is 51.1 Å². The number of aryl methyl sites for hydroxylation is 1. The third kappa shape index (κ3) is 3.59. The molecule has 2 rings (SSSR count). The fraction of sp³-hybridized carbons (Fsp3) is 0.200. The van der Waals surface area contributed by atoms with E-state index in [4.69, 9.17) is 23.2 Å². The molecule has 0 saturated carbocycles. The van der Waals surface area contributed by atoms with Crippen LogP contribution in [-0.4, -0.2) is 18.1 Å². The summed E-state index contributed by atoms with van der Waals surface area (Å²) in [6.45, 7) is 1.66. The lowest BCUT2D eigenvalue weighted by atomic mass is 10.0. The van der Waals surface area contributed by atoms with E-state index in [-0.39, 0.29) is 27.0 Å². The zero-order valence-electron chi connectivity index (χ0n) is 12.0. The second kappa shape index (κ2) is 6.37. The number of hydrogen-bond acceptors (Lipinski definition) is 3. The summed E-state index contributed by atoms with van der Waals surface area (Å²) in [5.41, 5.74) is 0.0774. The molecule has 0 atom stereocenters. The van der Waals surface area contributed by atoms with Gasteiger partial charge in [-0.15, -0.1) is 0 Å². The van der Waals surface area contributed by atoms with Crippen LogP contribution in [0, 0.1) is 6.92 Å². The summed E-state index contributed by atoms with van der Waals surface area (Å²) in [6, 6.07) is 4.39. The number of esters is 1. The van der Waals surface area contributed by atoms with Gasteiger partial charge in [0.25, 0.3) is 0 Å². The number of carbonyl (C=O) groups is 1. The van der Waals surface area contributed by atoms with Crippen molar-refractivity contribution >= 4 is 29.2 Å². The van der Waals surface area contributed by atoms with Crippen molar-refractivity contribution < 1.29 is 22.7 Å². The first-order valence-corrected chi connectivity index (χ1v) is 7.03. The van der Waals surface area contributed by atoms with Crippen LogP contribution in [-0.2, 0) is 10.9 Å². The van der Waals surface area contributed by atoms with Gasteiger partial charge in [-0.3, -0.25) is 0 Å². The molecule has 0 aliphatic carbocycles. The number of halogens is 5. The number of nitrogens with zero attached hydrogens (tertiary/aromatic N) is 1. The number of methoxy groups -OCH3 is 1. The molecule has 0 aliphatic rings. The fourth-order valence-corrected chi connectivity index (χ4v) is 2.53. The summed E-state index contributed by atoms with van der Waals surface area (Å²) >= 11 is 11.9. The number of carbonyl (C=O) groups excluding carboxylic acids is 1. The molecule has 122 valence electrons. The maximum absolute atomic E-state index is 12.7. The van der Waals surface area contributed by atoms with E-state index in [9.17, 15) is 18.0 Å². The average Bonchev–Trinajstić information content (AvgIpc) is 2.46. The quantitative estimate of drug-likeness (QED) is 0.691. The highest BCUT2D eigenvalue weighted by Crippen LogP contribution is 2.36. The minimum atomic E-state index is -4.50. The van der Waals surface area contributed by atoms with E-state index in [1.807, 2.05) is 0 Å². The number of ether oxygens (including phenoxy) is 1. The lowest BCUT2D eigenvalue weighted by molar-refractivity contribution is -0.137. The third-order valence-electron chi connectivity index (χ3n) is 3.10. The molecule has 0 radical (unpaired) electrons. The van der Waals surface area contributed by atoms with E-state index in [0.29, 0.717) is 5.56 Å². The lowest BCUT2D eigenvalue weighted by Gasteiger charge is -2.13. The van der Waals surface area contributed by atoms with Crippen molar-refractivity contribution in [3.8, 4) is 11.3 Å². The largest absolute Gasteiger partial charge is 0.464 e. The van der Waals surface area contributed by atoms with Crippen molar-refractivity contribution in [2.24, 2.45) is 0 Å². The Kier molecular flexibility index (Phi) is 4.87.